The topological polar surface area (TPSA) is 61.8 Å². The van der Waals surface area contributed by atoms with Gasteiger partial charge in [-0.25, -0.2) is 0 Å². The van der Waals surface area contributed by atoms with Gasteiger partial charge in [0.1, 0.15) is 0 Å². The maximum absolute atomic E-state index is 13.8. The average Bonchev–Trinajstić information content (AvgIpc) is 2.82. The van der Waals surface area contributed by atoms with E-state index >= 15 is 0 Å². The standard InChI is InChI=1S/C29H37IO5/c1-33-25-4-2-24(3-5-25)30(34-26(31)28-12-18-6-19(13-28)8-20(7-18)14-28)35-27(32)29-15-21-9-22(16-29)11-23(10-21)17-29/h2-5,18-23H,6-17H2,1H3. The van der Waals surface area contributed by atoms with E-state index < -0.39 is 20.6 Å². The summed E-state index contributed by atoms with van der Waals surface area (Å²) in [6, 6.07) is 7.64. The number of carbonyl (C=O) groups excluding carboxylic acids is 2. The maximum atomic E-state index is 13.8. The molecule has 0 saturated heterocycles. The number of halogens is 1. The van der Waals surface area contributed by atoms with Crippen LogP contribution in [0.15, 0.2) is 24.3 Å². The Bertz CT molecular complexity index is 888. The Labute approximate surface area is 216 Å². The van der Waals surface area contributed by atoms with Gasteiger partial charge in [0.05, 0.1) is 0 Å². The molecule has 35 heavy (non-hydrogen) atoms. The number of ether oxygens (including phenoxy) is 1. The summed E-state index contributed by atoms with van der Waals surface area (Å²) in [7, 11) is 1.64. The molecule has 0 aliphatic heterocycles. The Hall–Kier alpha value is -1.31. The second kappa shape index (κ2) is 8.35. The number of hydrogen-bond acceptors (Lipinski definition) is 5. The molecule has 0 amide bonds. The Morgan fingerprint density at radius 1 is 0.657 bits per heavy atom. The SMILES string of the molecule is COc1ccc(I(OC(=O)C23CC4CC(CC(C4)C2)C3)OC(=O)C23CC4CC(CC(C4)C2)C3)cc1. The fourth-order valence-electron chi connectivity index (χ4n) is 9.79. The normalized spacial score (nSPS) is 42.6. The van der Waals surface area contributed by atoms with Crippen LogP contribution in [0.1, 0.15) is 77.0 Å². The summed E-state index contributed by atoms with van der Waals surface area (Å²) >= 11 is -2.98. The predicted octanol–water partition coefficient (Wildman–Crippen LogP) is 6.72. The van der Waals surface area contributed by atoms with Crippen LogP contribution in [0.2, 0.25) is 0 Å². The Balaban J connectivity index is 1.14. The van der Waals surface area contributed by atoms with Crippen molar-refractivity contribution in [3.8, 4) is 5.75 Å². The van der Waals surface area contributed by atoms with Crippen molar-refractivity contribution in [2.75, 3.05) is 7.11 Å². The summed E-state index contributed by atoms with van der Waals surface area (Å²) in [5.74, 6) is 4.64. The molecule has 6 heteroatoms. The van der Waals surface area contributed by atoms with Crippen LogP contribution < -0.4 is 4.74 Å². The van der Waals surface area contributed by atoms with E-state index in [0.29, 0.717) is 35.5 Å². The van der Waals surface area contributed by atoms with Gasteiger partial charge in [-0.05, 0) is 0 Å². The molecule has 0 unspecified atom stereocenters. The summed E-state index contributed by atoms with van der Waals surface area (Å²) in [5, 5.41) is 0. The fraction of sp³-hybridized carbons (Fsp3) is 0.724. The molecule has 0 atom stereocenters. The summed E-state index contributed by atoms with van der Waals surface area (Å²) in [6.07, 6.45) is 13.5. The first-order chi connectivity index (χ1) is 16.9. The molecule has 1 aromatic rings. The van der Waals surface area contributed by atoms with Gasteiger partial charge in [-0.2, -0.15) is 0 Å². The molecule has 9 rings (SSSR count). The van der Waals surface area contributed by atoms with Crippen LogP contribution in [0.4, 0.5) is 0 Å². The van der Waals surface area contributed by atoms with Crippen molar-refractivity contribution in [3.05, 3.63) is 27.8 Å². The number of benzene rings is 1. The zero-order valence-corrected chi connectivity index (χ0v) is 22.8. The number of carbonyl (C=O) groups is 2. The van der Waals surface area contributed by atoms with E-state index in [0.717, 1.165) is 47.8 Å². The van der Waals surface area contributed by atoms with Crippen molar-refractivity contribution < 1.29 is 20.5 Å². The Morgan fingerprint density at radius 3 is 1.31 bits per heavy atom. The molecule has 0 N–H and O–H groups in total. The van der Waals surface area contributed by atoms with Gasteiger partial charge in [0.15, 0.2) is 0 Å². The van der Waals surface area contributed by atoms with Crippen LogP contribution in [0.25, 0.3) is 0 Å². The number of methoxy groups -OCH3 is 1. The molecule has 0 aromatic heterocycles. The third-order valence-corrected chi connectivity index (χ3v) is 13.8. The molecular formula is C29H37IO5. The first kappa shape index (κ1) is 22.9. The second-order valence-corrected chi connectivity index (χ2v) is 16.4. The predicted molar refractivity (Wildman–Crippen MR) is 139 cm³/mol. The van der Waals surface area contributed by atoms with Crippen LogP contribution in [0.3, 0.4) is 0 Å². The number of rotatable bonds is 6. The third-order valence-electron chi connectivity index (χ3n) is 10.5. The monoisotopic (exact) mass is 592 g/mol. The Kier molecular flexibility index (Phi) is 5.45. The van der Waals surface area contributed by atoms with E-state index in [2.05, 4.69) is 0 Å². The van der Waals surface area contributed by atoms with Crippen LogP contribution >= 0.6 is 20.6 Å². The van der Waals surface area contributed by atoms with Gasteiger partial charge in [-0.1, -0.05) is 0 Å². The molecule has 5 nitrogen and oxygen atoms in total. The zero-order chi connectivity index (χ0) is 23.8. The van der Waals surface area contributed by atoms with Crippen molar-refractivity contribution in [2.45, 2.75) is 77.0 Å². The molecule has 8 fully saturated rings. The van der Waals surface area contributed by atoms with Crippen LogP contribution in [-0.2, 0) is 15.7 Å². The third kappa shape index (κ3) is 3.91. The second-order valence-electron chi connectivity index (χ2n) is 13.0. The van der Waals surface area contributed by atoms with Crippen molar-refractivity contribution in [1.82, 2.24) is 0 Å². The van der Waals surface area contributed by atoms with Gasteiger partial charge >= 0.3 is 217 Å². The molecule has 8 aliphatic carbocycles. The molecular weight excluding hydrogens is 555 g/mol. The van der Waals surface area contributed by atoms with Gasteiger partial charge in [0.25, 0.3) is 0 Å². The van der Waals surface area contributed by atoms with Crippen molar-refractivity contribution >= 4 is 32.6 Å². The minimum atomic E-state index is -2.98. The van der Waals surface area contributed by atoms with E-state index in [1.807, 2.05) is 24.3 Å². The van der Waals surface area contributed by atoms with Gasteiger partial charge in [-0.15, -0.1) is 0 Å². The van der Waals surface area contributed by atoms with Gasteiger partial charge in [-0.3, -0.25) is 0 Å². The number of hydrogen-bond donors (Lipinski definition) is 0. The van der Waals surface area contributed by atoms with Crippen molar-refractivity contribution in [3.63, 3.8) is 0 Å². The van der Waals surface area contributed by atoms with Crippen LogP contribution in [0.5, 0.6) is 5.75 Å². The van der Waals surface area contributed by atoms with Crippen LogP contribution in [-0.4, -0.2) is 19.0 Å². The molecule has 0 heterocycles. The van der Waals surface area contributed by atoms with Gasteiger partial charge in [0, 0.05) is 0 Å². The van der Waals surface area contributed by atoms with Crippen LogP contribution in [0, 0.1) is 49.9 Å². The van der Waals surface area contributed by atoms with Crippen molar-refractivity contribution in [2.24, 2.45) is 46.3 Å². The van der Waals surface area contributed by atoms with E-state index in [4.69, 9.17) is 10.9 Å². The van der Waals surface area contributed by atoms with E-state index in [9.17, 15) is 9.59 Å². The summed E-state index contributed by atoms with van der Waals surface area (Å²) in [6.45, 7) is 0. The molecule has 8 saturated carbocycles. The Morgan fingerprint density at radius 2 is 1.00 bits per heavy atom. The molecule has 1 aromatic carbocycles. The zero-order valence-electron chi connectivity index (χ0n) is 20.7. The quantitative estimate of drug-likeness (QED) is 0.344. The minimum absolute atomic E-state index is 0.0732. The first-order valence-corrected chi connectivity index (χ1v) is 16.6. The molecule has 0 radical (unpaired) electrons. The van der Waals surface area contributed by atoms with Gasteiger partial charge < -0.3 is 0 Å². The van der Waals surface area contributed by atoms with E-state index in [1.165, 1.54) is 38.5 Å². The van der Waals surface area contributed by atoms with E-state index in [-0.39, 0.29) is 22.8 Å². The summed E-state index contributed by atoms with van der Waals surface area (Å²) in [4.78, 5) is 27.7. The first-order valence-electron chi connectivity index (χ1n) is 13.7. The summed E-state index contributed by atoms with van der Waals surface area (Å²) in [5.41, 5.74) is -0.686. The summed E-state index contributed by atoms with van der Waals surface area (Å²) < 4.78 is 18.9. The molecule has 0 spiro atoms. The van der Waals surface area contributed by atoms with Gasteiger partial charge in [0.2, 0.25) is 0 Å². The van der Waals surface area contributed by atoms with Crippen molar-refractivity contribution in [1.29, 1.82) is 0 Å². The molecule has 8 aliphatic rings. The molecule has 190 valence electrons. The average molecular weight is 593 g/mol. The fourth-order valence-corrected chi connectivity index (χ4v) is 13.0. The van der Waals surface area contributed by atoms with E-state index in [1.54, 1.807) is 7.11 Å². The molecule has 8 bridgehead atoms.